The molecule has 1 saturated heterocycles. The third-order valence-corrected chi connectivity index (χ3v) is 6.31. The predicted molar refractivity (Wildman–Crippen MR) is 143 cm³/mol. The maximum Gasteiger partial charge on any atom is 0.357 e. The lowest BCUT2D eigenvalue weighted by Gasteiger charge is -2.35. The van der Waals surface area contributed by atoms with Gasteiger partial charge in [0.15, 0.2) is 5.69 Å². The summed E-state index contributed by atoms with van der Waals surface area (Å²) < 4.78 is 10.7. The fourth-order valence-electron chi connectivity index (χ4n) is 4.31. The van der Waals surface area contributed by atoms with Crippen molar-refractivity contribution in [3.63, 3.8) is 0 Å². The molecule has 1 aliphatic rings. The van der Waals surface area contributed by atoms with Crippen LogP contribution in [0.3, 0.4) is 0 Å². The first-order valence-electron chi connectivity index (χ1n) is 12.3. The molecule has 0 atom stereocenters. The van der Waals surface area contributed by atoms with Gasteiger partial charge in [-0.25, -0.2) is 9.78 Å². The van der Waals surface area contributed by atoms with Crippen LogP contribution in [0.15, 0.2) is 30.3 Å². The highest BCUT2D eigenvalue weighted by atomic mass is 16.5. The van der Waals surface area contributed by atoms with Gasteiger partial charge in [0.1, 0.15) is 5.82 Å². The van der Waals surface area contributed by atoms with Crippen LogP contribution in [0.4, 0.5) is 22.9 Å². The number of benzene rings is 1. The summed E-state index contributed by atoms with van der Waals surface area (Å²) >= 11 is 0. The number of hydrogen-bond acceptors (Lipinski definition) is 8. The molecular weight excluding hydrogens is 442 g/mol. The highest BCUT2D eigenvalue weighted by molar-refractivity contribution is 6.09. The molecule has 8 nitrogen and oxygen atoms in total. The minimum atomic E-state index is -0.462. The number of pyridine rings is 1. The summed E-state index contributed by atoms with van der Waals surface area (Å²) in [6.45, 7) is 8.48. The molecule has 2 N–H and O–H groups in total. The molecule has 1 aromatic carbocycles. The number of hydrogen-bond donors (Lipinski definition) is 2. The van der Waals surface area contributed by atoms with E-state index >= 15 is 0 Å². The highest BCUT2D eigenvalue weighted by Gasteiger charge is 2.28. The second-order valence-corrected chi connectivity index (χ2v) is 9.49. The molecule has 3 rings (SSSR count). The van der Waals surface area contributed by atoms with Gasteiger partial charge in [-0.1, -0.05) is 19.9 Å². The summed E-state index contributed by atoms with van der Waals surface area (Å²) in [5.74, 6) is 0.542. The average molecular weight is 482 g/mol. The molecule has 1 aliphatic heterocycles. The Bertz CT molecular complexity index is 1030. The second-order valence-electron chi connectivity index (χ2n) is 9.49. The molecule has 8 heteroatoms. The van der Waals surface area contributed by atoms with E-state index in [2.05, 4.69) is 15.2 Å². The molecule has 2 aromatic rings. The van der Waals surface area contributed by atoms with Gasteiger partial charge in [-0.15, -0.1) is 0 Å². The molecule has 2 heterocycles. The summed E-state index contributed by atoms with van der Waals surface area (Å²) in [6.07, 6.45) is 1.99. The quantitative estimate of drug-likeness (QED) is 0.366. The number of methoxy groups -OCH3 is 1. The van der Waals surface area contributed by atoms with Crippen LogP contribution in [0.5, 0.6) is 0 Å². The Hall–Kier alpha value is -3.13. The lowest BCUT2D eigenvalue weighted by atomic mass is 9.94. The number of nitrogens with zero attached hydrogens (tertiary/aromatic N) is 3. The maximum absolute atomic E-state index is 12.8. The molecule has 0 unspecified atom stereocenters. The van der Waals surface area contributed by atoms with Crippen LogP contribution in [0.25, 0.3) is 0 Å². The van der Waals surface area contributed by atoms with Crippen molar-refractivity contribution < 1.29 is 14.3 Å². The first-order valence-corrected chi connectivity index (χ1v) is 12.3. The lowest BCUT2D eigenvalue weighted by molar-refractivity contribution is 0.0519. The molecule has 1 aromatic heterocycles. The SMILES string of the molecule is CCOC(=O)c1cc(N2CCC(COC)CC2)c(C(=N)C(C)C)c(Nc2cccc(N(C)C)c2)n1. The number of esters is 1. The standard InChI is InChI=1S/C27H39N5O3/c1-7-35-27(33)22-16-23(32-13-11-19(12-14-32)17-34-6)24(25(28)18(2)3)26(30-22)29-20-9-8-10-21(15-20)31(4)5/h8-10,15-16,18-19,28H,7,11-14,17H2,1-6H3,(H,29,30). The van der Waals surface area contributed by atoms with Crippen molar-refractivity contribution in [1.29, 1.82) is 5.41 Å². The third-order valence-electron chi connectivity index (χ3n) is 6.31. The summed E-state index contributed by atoms with van der Waals surface area (Å²) in [7, 11) is 5.72. The number of aromatic nitrogens is 1. The van der Waals surface area contributed by atoms with Crippen LogP contribution >= 0.6 is 0 Å². The number of carbonyl (C=O) groups excluding carboxylic acids is 1. The van der Waals surface area contributed by atoms with Crippen molar-refractivity contribution in [3.8, 4) is 0 Å². The van der Waals surface area contributed by atoms with E-state index in [-0.39, 0.29) is 18.2 Å². The van der Waals surface area contributed by atoms with Crippen LogP contribution < -0.4 is 15.1 Å². The van der Waals surface area contributed by atoms with Gasteiger partial charge in [0.05, 0.1) is 17.9 Å². The van der Waals surface area contributed by atoms with Crippen LogP contribution in [-0.4, -0.2) is 64.2 Å². The normalized spacial score (nSPS) is 14.2. The Balaban J connectivity index is 2.11. The monoisotopic (exact) mass is 481 g/mol. The summed E-state index contributed by atoms with van der Waals surface area (Å²) in [5.41, 5.74) is 4.18. The number of carbonyl (C=O) groups is 1. The molecule has 0 radical (unpaired) electrons. The minimum absolute atomic E-state index is 0.0105. The van der Waals surface area contributed by atoms with Gasteiger partial charge < -0.3 is 30.0 Å². The van der Waals surface area contributed by atoms with Gasteiger partial charge in [-0.2, -0.15) is 0 Å². The number of ether oxygens (including phenoxy) is 2. The van der Waals surface area contributed by atoms with Crippen molar-refractivity contribution in [2.45, 2.75) is 33.6 Å². The molecule has 0 bridgehead atoms. The maximum atomic E-state index is 12.8. The lowest BCUT2D eigenvalue weighted by Crippen LogP contribution is -2.36. The Labute approximate surface area is 209 Å². The van der Waals surface area contributed by atoms with Crippen molar-refractivity contribution in [2.75, 3.05) is 62.6 Å². The van der Waals surface area contributed by atoms with E-state index in [0.29, 0.717) is 17.4 Å². The zero-order chi connectivity index (χ0) is 25.5. The largest absolute Gasteiger partial charge is 0.461 e. The van der Waals surface area contributed by atoms with E-state index < -0.39 is 5.97 Å². The Morgan fingerprint density at radius 1 is 1.26 bits per heavy atom. The number of nitrogens with one attached hydrogen (secondary N) is 2. The summed E-state index contributed by atoms with van der Waals surface area (Å²) in [5, 5.41) is 12.4. The van der Waals surface area contributed by atoms with E-state index in [4.69, 9.17) is 14.9 Å². The first-order chi connectivity index (χ1) is 16.7. The average Bonchev–Trinajstić information content (AvgIpc) is 2.84. The van der Waals surface area contributed by atoms with E-state index in [1.165, 1.54) is 0 Å². The van der Waals surface area contributed by atoms with E-state index in [0.717, 1.165) is 55.2 Å². The second kappa shape index (κ2) is 12.0. The van der Waals surface area contributed by atoms with Crippen LogP contribution in [0.1, 0.15) is 49.7 Å². The Morgan fingerprint density at radius 2 is 1.97 bits per heavy atom. The zero-order valence-electron chi connectivity index (χ0n) is 21.9. The smallest absolute Gasteiger partial charge is 0.357 e. The molecule has 1 fully saturated rings. The van der Waals surface area contributed by atoms with Crippen molar-refractivity contribution >= 4 is 34.6 Å². The topological polar surface area (TPSA) is 90.8 Å². The number of piperidine rings is 1. The van der Waals surface area contributed by atoms with Crippen LogP contribution in [0.2, 0.25) is 0 Å². The van der Waals surface area contributed by atoms with Gasteiger partial charge in [0.25, 0.3) is 0 Å². The molecular formula is C27H39N5O3. The molecule has 190 valence electrons. The van der Waals surface area contributed by atoms with Crippen molar-refractivity contribution in [2.24, 2.45) is 11.8 Å². The highest BCUT2D eigenvalue weighted by Crippen LogP contribution is 2.35. The fraction of sp³-hybridized carbons (Fsp3) is 0.519. The van der Waals surface area contributed by atoms with Gasteiger partial charge >= 0.3 is 5.97 Å². The zero-order valence-corrected chi connectivity index (χ0v) is 21.9. The molecule has 0 aliphatic carbocycles. The summed E-state index contributed by atoms with van der Waals surface area (Å²) in [6, 6.07) is 9.78. The number of anilines is 4. The van der Waals surface area contributed by atoms with E-state index in [9.17, 15) is 4.79 Å². The van der Waals surface area contributed by atoms with E-state index in [1.54, 1.807) is 20.1 Å². The minimum Gasteiger partial charge on any atom is -0.461 e. The van der Waals surface area contributed by atoms with Crippen molar-refractivity contribution in [3.05, 3.63) is 41.6 Å². The predicted octanol–water partition coefficient (Wildman–Crippen LogP) is 4.95. The first kappa shape index (κ1) is 26.5. The molecule has 0 spiro atoms. The molecule has 0 amide bonds. The Kier molecular flexibility index (Phi) is 9.09. The van der Waals surface area contributed by atoms with Gasteiger partial charge in [-0.05, 0) is 55.9 Å². The Morgan fingerprint density at radius 3 is 2.57 bits per heavy atom. The van der Waals surface area contributed by atoms with E-state index in [1.807, 2.05) is 57.1 Å². The van der Waals surface area contributed by atoms with Crippen LogP contribution in [-0.2, 0) is 9.47 Å². The summed E-state index contributed by atoms with van der Waals surface area (Å²) in [4.78, 5) is 21.7. The van der Waals surface area contributed by atoms with Crippen LogP contribution in [0, 0.1) is 17.2 Å². The number of rotatable bonds is 10. The third kappa shape index (κ3) is 6.51. The van der Waals surface area contributed by atoms with Gasteiger partial charge in [0.2, 0.25) is 0 Å². The molecule has 0 saturated carbocycles. The molecule has 35 heavy (non-hydrogen) atoms. The van der Waals surface area contributed by atoms with Crippen molar-refractivity contribution in [1.82, 2.24) is 4.98 Å². The van der Waals surface area contributed by atoms with Gasteiger partial charge in [0, 0.05) is 58.0 Å². The van der Waals surface area contributed by atoms with Gasteiger partial charge in [-0.3, -0.25) is 0 Å². The fourth-order valence-corrected chi connectivity index (χ4v) is 4.31.